The largest absolute Gasteiger partial charge is 0.508 e. The number of anilines is 1. The van der Waals surface area contributed by atoms with Gasteiger partial charge in [-0.25, -0.2) is 4.98 Å². The number of carboxylic acid groups (broad SMARTS) is 1. The molecule has 2 aliphatic carbocycles. The van der Waals surface area contributed by atoms with Crippen molar-refractivity contribution in [2.75, 3.05) is 19.3 Å². The van der Waals surface area contributed by atoms with Crippen LogP contribution >= 0.6 is 0 Å². The molecule has 370 valence electrons. The number of H-pyrrole nitrogens is 1. The molecule has 2 aromatic heterocycles. The number of benzene rings is 3. The van der Waals surface area contributed by atoms with Crippen LogP contribution in [0.25, 0.3) is 22.4 Å². The van der Waals surface area contributed by atoms with Gasteiger partial charge in [-0.3, -0.25) is 4.79 Å². The van der Waals surface area contributed by atoms with Gasteiger partial charge >= 0.3 is 5.97 Å². The molecule has 5 aromatic rings. The molecule has 0 saturated heterocycles. The smallest absolute Gasteiger partial charge is 0.309 e. The highest BCUT2D eigenvalue weighted by Crippen LogP contribution is 2.50. The second-order valence-corrected chi connectivity index (χ2v) is 20.3. The maximum atomic E-state index is 13.3. The lowest BCUT2D eigenvalue weighted by Gasteiger charge is -2.40. The summed E-state index contributed by atoms with van der Waals surface area (Å²) in [6.07, 6.45) is 16.4. The second kappa shape index (κ2) is 24.4. The highest BCUT2D eigenvalue weighted by molar-refractivity contribution is 5.85. The first-order valence-electron chi connectivity index (χ1n) is 25.6. The van der Waals surface area contributed by atoms with Gasteiger partial charge < -0.3 is 46.7 Å². The summed E-state index contributed by atoms with van der Waals surface area (Å²) in [4.78, 5) is 20.8. The molecule has 0 amide bonds. The number of carbonyl (C=O) groups is 1. The number of carboxylic acids is 1. The van der Waals surface area contributed by atoms with Crippen LogP contribution in [-0.2, 0) is 24.1 Å². The first kappa shape index (κ1) is 51.4. The molecule has 0 spiro atoms. The van der Waals surface area contributed by atoms with Crippen molar-refractivity contribution < 1.29 is 35.4 Å². The third kappa shape index (κ3) is 13.5. The number of hydrogen-bond donors (Lipinski definition) is 9. The van der Waals surface area contributed by atoms with Crippen LogP contribution in [0.4, 0.5) is 5.82 Å². The average Bonchev–Trinajstić information content (AvgIpc) is 3.89. The van der Waals surface area contributed by atoms with E-state index in [2.05, 4.69) is 40.4 Å². The van der Waals surface area contributed by atoms with E-state index in [1.165, 1.54) is 25.3 Å². The number of aliphatic hydroxyl groups excluding tert-OH is 2. The number of aliphatic carboxylic acids is 1. The third-order valence-corrected chi connectivity index (χ3v) is 15.3. The summed E-state index contributed by atoms with van der Waals surface area (Å²) >= 11 is 0. The number of aromatic nitrogens is 2. The normalized spacial score (nSPS) is 22.7. The number of phenolic OH excluding ortho intramolecular Hbond substituents is 2. The lowest BCUT2D eigenvalue weighted by Crippen LogP contribution is -2.48. The minimum Gasteiger partial charge on any atom is -0.508 e. The molecule has 11 heteroatoms. The number of aromatic hydroxyl groups is 2. The Morgan fingerprint density at radius 2 is 1.64 bits per heavy atom. The number of nitrogens with zero attached hydrogens (tertiary/aromatic N) is 1. The van der Waals surface area contributed by atoms with Gasteiger partial charge in [-0.05, 0) is 124 Å². The summed E-state index contributed by atoms with van der Waals surface area (Å²) in [5, 5.41) is 72.1. The van der Waals surface area contributed by atoms with Gasteiger partial charge in [-0.15, -0.1) is 0 Å². The summed E-state index contributed by atoms with van der Waals surface area (Å²) in [5.41, 5.74) is 11.6. The number of rotatable bonds is 25. The number of unbranched alkanes of at least 4 members (excludes halogenated alkanes) is 4. The standard InChI is InChI=1S/C58H76N4O7/c1-3-4-8-15-39-22-23-43(52(64)29-39)20-13-7-14-21-48(57(67)68)53(65)32-45(37-60-2)58(69)36-41(26-40-24-25-61-55(59)30-40)27-44(58)31-46-33-49(42-18-11-6-12-19-42)56(62-46)51-34-47(63)35-54(66)50(51)28-38-16-9-5-10-17-38/h5-6,9-12,16-19,22-25,30,33-35,39,41,43-45,48,52-53,60,62-66,69H,3-4,7-8,13-15,20-21,26-29,31-32,36-37H2,1-2H3,(H2,59,61)(H,67,68). The van der Waals surface area contributed by atoms with Gasteiger partial charge in [0.2, 0.25) is 0 Å². The predicted molar refractivity (Wildman–Crippen MR) is 275 cm³/mol. The third-order valence-electron chi connectivity index (χ3n) is 15.3. The lowest BCUT2D eigenvalue weighted by molar-refractivity contribution is -0.148. The van der Waals surface area contributed by atoms with Gasteiger partial charge in [0.15, 0.2) is 0 Å². The first-order valence-corrected chi connectivity index (χ1v) is 25.6. The number of nitrogens with two attached hydrogens (primary N) is 1. The molecule has 10 N–H and O–H groups in total. The SMILES string of the molecule is CCCCCC1C=CC(CCCCCC(C(=O)O)C(O)CC(CNC)C2(O)CC(Cc3ccnc(N)c3)CC2Cc2cc(-c3ccccc3)c(-c3cc(O)cc(O)c3Cc3ccccc3)[nH]2)C(O)C1. The van der Waals surface area contributed by atoms with Crippen LogP contribution in [0.15, 0.2) is 109 Å². The Kier molecular flexibility index (Phi) is 18.2. The van der Waals surface area contributed by atoms with Crippen molar-refractivity contribution in [2.24, 2.45) is 35.5 Å². The van der Waals surface area contributed by atoms with Gasteiger partial charge in [0.1, 0.15) is 17.3 Å². The molecule has 2 aliphatic rings. The summed E-state index contributed by atoms with van der Waals surface area (Å²) in [6, 6.07) is 28.9. The van der Waals surface area contributed by atoms with Crippen LogP contribution in [0.1, 0.15) is 113 Å². The molecule has 7 rings (SSSR count). The number of nitrogens with one attached hydrogen (secondary N) is 2. The predicted octanol–water partition coefficient (Wildman–Crippen LogP) is 10.2. The van der Waals surface area contributed by atoms with Crippen molar-refractivity contribution in [3.8, 4) is 33.9 Å². The van der Waals surface area contributed by atoms with Crippen molar-refractivity contribution in [2.45, 2.75) is 127 Å². The number of nitrogen functional groups attached to an aromatic ring is 1. The molecule has 11 nitrogen and oxygen atoms in total. The number of phenols is 2. The second-order valence-electron chi connectivity index (χ2n) is 20.3. The molecule has 9 unspecified atom stereocenters. The molecule has 1 saturated carbocycles. The fraction of sp³-hybridized carbons (Fsp3) is 0.483. The number of aliphatic hydroxyl groups is 3. The van der Waals surface area contributed by atoms with E-state index in [9.17, 15) is 35.4 Å². The Hall–Kier alpha value is -5.46. The number of aromatic amines is 1. The van der Waals surface area contributed by atoms with E-state index in [0.29, 0.717) is 74.4 Å². The van der Waals surface area contributed by atoms with Crippen molar-refractivity contribution in [1.82, 2.24) is 15.3 Å². The van der Waals surface area contributed by atoms with E-state index in [-0.39, 0.29) is 41.8 Å². The molecule has 0 radical (unpaired) electrons. The molecule has 1 fully saturated rings. The fourth-order valence-electron chi connectivity index (χ4n) is 11.7. The van der Waals surface area contributed by atoms with Crippen molar-refractivity contribution in [3.05, 3.63) is 132 Å². The lowest BCUT2D eigenvalue weighted by atomic mass is 9.73. The molecular formula is C58H76N4O7. The average molecular weight is 941 g/mol. The van der Waals surface area contributed by atoms with E-state index in [1.807, 2.05) is 79.8 Å². The summed E-state index contributed by atoms with van der Waals surface area (Å²) in [7, 11) is 1.82. The maximum Gasteiger partial charge on any atom is 0.309 e. The monoisotopic (exact) mass is 941 g/mol. The molecular weight excluding hydrogens is 865 g/mol. The van der Waals surface area contributed by atoms with Crippen LogP contribution in [0.3, 0.4) is 0 Å². The Morgan fingerprint density at radius 1 is 0.884 bits per heavy atom. The van der Waals surface area contributed by atoms with Crippen LogP contribution in [0.2, 0.25) is 0 Å². The van der Waals surface area contributed by atoms with Crippen molar-refractivity contribution in [3.63, 3.8) is 0 Å². The highest BCUT2D eigenvalue weighted by Gasteiger charge is 2.51. The van der Waals surface area contributed by atoms with E-state index in [4.69, 9.17) is 5.73 Å². The van der Waals surface area contributed by atoms with Crippen molar-refractivity contribution in [1.29, 1.82) is 0 Å². The van der Waals surface area contributed by atoms with E-state index in [0.717, 1.165) is 65.7 Å². The van der Waals surface area contributed by atoms with E-state index >= 15 is 0 Å². The molecule has 0 aliphatic heterocycles. The van der Waals surface area contributed by atoms with Crippen molar-refractivity contribution >= 4 is 11.8 Å². The quantitative estimate of drug-likeness (QED) is 0.0200. The summed E-state index contributed by atoms with van der Waals surface area (Å²) in [6.45, 7) is 2.58. The molecule has 3 aromatic carbocycles. The summed E-state index contributed by atoms with van der Waals surface area (Å²) in [5.74, 6) is -1.82. The number of hydrogen-bond acceptors (Lipinski definition) is 9. The minimum absolute atomic E-state index is 0.00954. The zero-order chi connectivity index (χ0) is 48.9. The zero-order valence-corrected chi connectivity index (χ0v) is 40.6. The molecule has 9 atom stereocenters. The van der Waals surface area contributed by atoms with Gasteiger partial charge in [-0.1, -0.05) is 118 Å². The van der Waals surface area contributed by atoms with Gasteiger partial charge in [0.05, 0.1) is 29.4 Å². The van der Waals surface area contributed by atoms with Crippen LogP contribution in [0, 0.1) is 35.5 Å². The van der Waals surface area contributed by atoms with Crippen LogP contribution < -0.4 is 11.1 Å². The Morgan fingerprint density at radius 3 is 2.35 bits per heavy atom. The molecule has 0 bridgehead atoms. The Bertz CT molecular complexity index is 2420. The minimum atomic E-state index is -1.29. The van der Waals surface area contributed by atoms with Gasteiger partial charge in [0, 0.05) is 59.4 Å². The first-order chi connectivity index (χ1) is 33.3. The topological polar surface area (TPSA) is 205 Å². The molecule has 69 heavy (non-hydrogen) atoms. The van der Waals surface area contributed by atoms with Crippen LogP contribution in [0.5, 0.6) is 11.5 Å². The zero-order valence-electron chi connectivity index (χ0n) is 40.6. The molecule has 2 heterocycles. The van der Waals surface area contributed by atoms with Gasteiger partial charge in [-0.2, -0.15) is 0 Å². The number of pyridine rings is 1. The van der Waals surface area contributed by atoms with Gasteiger partial charge in [0.25, 0.3) is 0 Å². The van der Waals surface area contributed by atoms with E-state index < -0.39 is 29.5 Å². The van der Waals surface area contributed by atoms with E-state index in [1.54, 1.807) is 12.3 Å². The summed E-state index contributed by atoms with van der Waals surface area (Å²) < 4.78 is 0. The Balaban J connectivity index is 1.12. The number of allylic oxidation sites excluding steroid dienone is 1. The fourth-order valence-corrected chi connectivity index (χ4v) is 11.7. The van der Waals surface area contributed by atoms with Crippen LogP contribution in [-0.4, -0.2) is 78.0 Å². The maximum absolute atomic E-state index is 13.3. The highest BCUT2D eigenvalue weighted by atomic mass is 16.4. The Labute approximate surface area is 409 Å².